The fourth-order valence-corrected chi connectivity index (χ4v) is 1.51. The van der Waals surface area contributed by atoms with Crippen molar-refractivity contribution in [2.24, 2.45) is 0 Å². The van der Waals surface area contributed by atoms with Crippen LogP contribution in [0.1, 0.15) is 12.5 Å². The fourth-order valence-electron chi connectivity index (χ4n) is 1.28. The zero-order valence-electron chi connectivity index (χ0n) is 9.46. The number of amides is 1. The van der Waals surface area contributed by atoms with Crippen LogP contribution in [-0.2, 0) is 11.3 Å². The highest BCUT2D eigenvalue weighted by Gasteiger charge is 2.09. The van der Waals surface area contributed by atoms with Gasteiger partial charge in [-0.15, -0.1) is 0 Å². The number of nitrogens with one attached hydrogen (secondary N) is 1. The first kappa shape index (κ1) is 12.6. The topological polar surface area (TPSA) is 47.6 Å². The van der Waals surface area contributed by atoms with Gasteiger partial charge in [-0.25, -0.2) is 0 Å². The van der Waals surface area contributed by atoms with Crippen molar-refractivity contribution in [1.29, 1.82) is 0 Å². The second kappa shape index (κ2) is 5.61. The summed E-state index contributed by atoms with van der Waals surface area (Å²) in [6.45, 7) is 1.84. The molecule has 0 aliphatic rings. The average molecular weight is 244 g/mol. The molecule has 0 aliphatic heterocycles. The molecule has 0 radical (unpaired) electrons. The first-order valence-corrected chi connectivity index (χ1v) is 5.11. The molecule has 0 aliphatic carbocycles. The molecule has 0 aromatic heterocycles. The average Bonchev–Trinajstić information content (AvgIpc) is 2.26. The molecule has 1 aromatic carbocycles. The predicted octanol–water partition coefficient (Wildman–Crippen LogP) is 1.99. The third-order valence-electron chi connectivity index (χ3n) is 2.08. The van der Waals surface area contributed by atoms with Gasteiger partial charge in [-0.05, 0) is 6.07 Å². The minimum Gasteiger partial charge on any atom is -0.496 e. The molecule has 1 rings (SSSR count). The van der Waals surface area contributed by atoms with E-state index in [0.29, 0.717) is 23.1 Å². The van der Waals surface area contributed by atoms with Crippen molar-refractivity contribution < 1.29 is 14.3 Å². The Labute approximate surface area is 99.5 Å². The Kier molecular flexibility index (Phi) is 4.43. The molecule has 0 fully saturated rings. The Morgan fingerprint density at radius 2 is 1.94 bits per heavy atom. The Hall–Kier alpha value is -1.42. The van der Waals surface area contributed by atoms with E-state index in [4.69, 9.17) is 21.1 Å². The largest absolute Gasteiger partial charge is 0.496 e. The second-order valence-corrected chi connectivity index (χ2v) is 3.62. The van der Waals surface area contributed by atoms with Gasteiger partial charge in [-0.2, -0.15) is 0 Å². The van der Waals surface area contributed by atoms with E-state index in [1.165, 1.54) is 14.0 Å². The van der Waals surface area contributed by atoms with E-state index in [0.717, 1.165) is 5.56 Å². The fraction of sp³-hybridized carbons (Fsp3) is 0.364. The number of hydrogen-bond acceptors (Lipinski definition) is 3. The summed E-state index contributed by atoms with van der Waals surface area (Å²) in [5.74, 6) is 1.08. The van der Waals surface area contributed by atoms with Crippen molar-refractivity contribution in [3.8, 4) is 11.5 Å². The Morgan fingerprint density at radius 3 is 2.44 bits per heavy atom. The molecule has 0 heterocycles. The number of ether oxygens (including phenoxy) is 2. The molecular formula is C11H14ClNO3. The van der Waals surface area contributed by atoms with Crippen LogP contribution in [0, 0.1) is 0 Å². The number of halogens is 1. The lowest BCUT2D eigenvalue weighted by atomic mass is 10.2. The van der Waals surface area contributed by atoms with Crippen LogP contribution in [0.15, 0.2) is 12.1 Å². The third kappa shape index (κ3) is 3.03. The van der Waals surface area contributed by atoms with Gasteiger partial charge in [0.05, 0.1) is 19.2 Å². The van der Waals surface area contributed by atoms with Crippen LogP contribution >= 0.6 is 11.6 Å². The molecule has 88 valence electrons. The first-order valence-electron chi connectivity index (χ1n) is 4.73. The van der Waals surface area contributed by atoms with Crippen molar-refractivity contribution in [3.05, 3.63) is 22.7 Å². The third-order valence-corrected chi connectivity index (χ3v) is 2.38. The minimum atomic E-state index is -0.101. The van der Waals surface area contributed by atoms with Crippen LogP contribution in [-0.4, -0.2) is 20.1 Å². The number of rotatable bonds is 4. The normalized spacial score (nSPS) is 9.75. The number of hydrogen-bond donors (Lipinski definition) is 1. The highest BCUT2D eigenvalue weighted by Crippen LogP contribution is 2.32. The Balaban J connectivity index is 2.99. The SMILES string of the molecule is COc1cc(CNC(C)=O)c(OC)cc1Cl. The van der Waals surface area contributed by atoms with Gasteiger partial charge in [0.25, 0.3) is 0 Å². The molecule has 0 saturated heterocycles. The number of benzene rings is 1. The molecule has 16 heavy (non-hydrogen) atoms. The van der Waals surface area contributed by atoms with Gasteiger partial charge in [-0.1, -0.05) is 11.6 Å². The summed E-state index contributed by atoms with van der Waals surface area (Å²) in [4.78, 5) is 10.8. The highest BCUT2D eigenvalue weighted by molar-refractivity contribution is 6.32. The quantitative estimate of drug-likeness (QED) is 0.880. The molecular weight excluding hydrogens is 230 g/mol. The first-order chi connectivity index (χ1) is 7.58. The van der Waals surface area contributed by atoms with Crippen LogP contribution in [0.5, 0.6) is 11.5 Å². The van der Waals surface area contributed by atoms with Gasteiger partial charge in [0.1, 0.15) is 11.5 Å². The van der Waals surface area contributed by atoms with Gasteiger partial charge in [0.15, 0.2) is 0 Å². The van der Waals surface area contributed by atoms with Crippen LogP contribution in [0.2, 0.25) is 5.02 Å². The van der Waals surface area contributed by atoms with Gasteiger partial charge < -0.3 is 14.8 Å². The maximum Gasteiger partial charge on any atom is 0.217 e. The van der Waals surface area contributed by atoms with Crippen LogP contribution < -0.4 is 14.8 Å². The standard InChI is InChI=1S/C11H14ClNO3/c1-7(14)13-6-8-4-11(16-3)9(12)5-10(8)15-2/h4-5H,6H2,1-3H3,(H,13,14). The summed E-state index contributed by atoms with van der Waals surface area (Å²) in [5.41, 5.74) is 0.818. The molecule has 4 nitrogen and oxygen atoms in total. The summed E-state index contributed by atoms with van der Waals surface area (Å²) in [6.07, 6.45) is 0. The summed E-state index contributed by atoms with van der Waals surface area (Å²) in [7, 11) is 3.09. The molecule has 0 spiro atoms. The van der Waals surface area contributed by atoms with E-state index in [1.54, 1.807) is 19.2 Å². The van der Waals surface area contributed by atoms with E-state index in [-0.39, 0.29) is 5.91 Å². The number of methoxy groups -OCH3 is 2. The lowest BCUT2D eigenvalue weighted by Crippen LogP contribution is -2.19. The lowest BCUT2D eigenvalue weighted by molar-refractivity contribution is -0.119. The van der Waals surface area contributed by atoms with Crippen LogP contribution in [0.3, 0.4) is 0 Å². The highest BCUT2D eigenvalue weighted by atomic mass is 35.5. The van der Waals surface area contributed by atoms with Crippen molar-refractivity contribution in [1.82, 2.24) is 5.32 Å². The second-order valence-electron chi connectivity index (χ2n) is 3.21. The summed E-state index contributed by atoms with van der Waals surface area (Å²) in [5, 5.41) is 3.17. The molecule has 1 amide bonds. The maximum atomic E-state index is 10.8. The van der Waals surface area contributed by atoms with Gasteiger partial charge in [0, 0.05) is 25.1 Å². The van der Waals surface area contributed by atoms with Crippen molar-refractivity contribution >= 4 is 17.5 Å². The summed E-state index contributed by atoms with van der Waals surface area (Å²) in [6, 6.07) is 3.41. The molecule has 0 atom stereocenters. The van der Waals surface area contributed by atoms with Crippen molar-refractivity contribution in [3.63, 3.8) is 0 Å². The van der Waals surface area contributed by atoms with Gasteiger partial charge in [-0.3, -0.25) is 4.79 Å². The van der Waals surface area contributed by atoms with Gasteiger partial charge >= 0.3 is 0 Å². The Morgan fingerprint density at radius 1 is 1.31 bits per heavy atom. The maximum absolute atomic E-state index is 10.8. The van der Waals surface area contributed by atoms with Crippen LogP contribution in [0.4, 0.5) is 0 Å². The zero-order chi connectivity index (χ0) is 12.1. The monoisotopic (exact) mass is 243 g/mol. The van der Waals surface area contributed by atoms with E-state index >= 15 is 0 Å². The van der Waals surface area contributed by atoms with E-state index in [2.05, 4.69) is 5.32 Å². The zero-order valence-corrected chi connectivity index (χ0v) is 10.2. The molecule has 0 saturated carbocycles. The molecule has 5 heteroatoms. The molecule has 1 aromatic rings. The number of carbonyl (C=O) groups is 1. The van der Waals surface area contributed by atoms with E-state index < -0.39 is 0 Å². The minimum absolute atomic E-state index is 0.101. The van der Waals surface area contributed by atoms with Crippen LogP contribution in [0.25, 0.3) is 0 Å². The molecule has 0 bridgehead atoms. The van der Waals surface area contributed by atoms with Crippen molar-refractivity contribution in [2.45, 2.75) is 13.5 Å². The summed E-state index contributed by atoms with van der Waals surface area (Å²) >= 11 is 5.95. The summed E-state index contributed by atoms with van der Waals surface area (Å²) < 4.78 is 10.3. The number of carbonyl (C=O) groups excluding carboxylic acids is 1. The molecule has 0 unspecified atom stereocenters. The Bertz CT molecular complexity index is 393. The van der Waals surface area contributed by atoms with Crippen molar-refractivity contribution in [2.75, 3.05) is 14.2 Å². The van der Waals surface area contributed by atoms with E-state index in [1.807, 2.05) is 0 Å². The van der Waals surface area contributed by atoms with E-state index in [9.17, 15) is 4.79 Å². The lowest BCUT2D eigenvalue weighted by Gasteiger charge is -2.12. The smallest absolute Gasteiger partial charge is 0.217 e. The van der Waals surface area contributed by atoms with Gasteiger partial charge in [0.2, 0.25) is 5.91 Å². The predicted molar refractivity (Wildman–Crippen MR) is 62.1 cm³/mol. The molecule has 1 N–H and O–H groups in total.